The number of carbonyl (C=O) groups excluding carboxylic acids is 1. The zero-order valence-corrected chi connectivity index (χ0v) is 13.5. The Morgan fingerprint density at radius 3 is 2.83 bits per heavy atom. The van der Waals surface area contributed by atoms with Gasteiger partial charge in [-0.3, -0.25) is 4.79 Å². The second-order valence-electron chi connectivity index (χ2n) is 6.56. The van der Waals surface area contributed by atoms with Gasteiger partial charge in [-0.1, -0.05) is 6.92 Å². The van der Waals surface area contributed by atoms with E-state index in [4.69, 9.17) is 5.11 Å². The number of piperidine rings is 1. The van der Waals surface area contributed by atoms with Crippen LogP contribution in [0.2, 0.25) is 0 Å². The maximum absolute atomic E-state index is 12.9. The van der Waals surface area contributed by atoms with E-state index in [1.165, 1.54) is 6.20 Å². The largest absolute Gasteiger partial charge is 0.478 e. The Bertz CT molecular complexity index is 600. The fraction of sp³-hybridized carbons (Fsp3) is 0.588. The number of aromatic carboxylic acids is 1. The summed E-state index contributed by atoms with van der Waals surface area (Å²) < 4.78 is 0. The smallest absolute Gasteiger partial charge is 0.337 e. The molecule has 2 fully saturated rings. The molecule has 0 unspecified atom stereocenters. The molecule has 0 aromatic carbocycles. The van der Waals surface area contributed by atoms with E-state index >= 15 is 0 Å². The van der Waals surface area contributed by atoms with E-state index in [1.54, 1.807) is 12.1 Å². The molecule has 0 saturated carbocycles. The molecular formula is C17H23N3O3. The molecule has 6 heteroatoms. The Balaban J connectivity index is 1.74. The van der Waals surface area contributed by atoms with E-state index < -0.39 is 5.97 Å². The van der Waals surface area contributed by atoms with Crippen LogP contribution in [0.5, 0.6) is 0 Å². The van der Waals surface area contributed by atoms with E-state index in [2.05, 4.69) is 16.8 Å². The van der Waals surface area contributed by atoms with Crippen molar-refractivity contribution in [3.8, 4) is 0 Å². The first-order valence-electron chi connectivity index (χ1n) is 8.29. The number of aromatic nitrogens is 1. The highest BCUT2D eigenvalue weighted by molar-refractivity contribution is 5.87. The monoisotopic (exact) mass is 317 g/mol. The first-order chi connectivity index (χ1) is 11.1. The molecule has 2 saturated heterocycles. The van der Waals surface area contributed by atoms with Gasteiger partial charge in [-0.25, -0.2) is 9.78 Å². The summed E-state index contributed by atoms with van der Waals surface area (Å²) in [5.74, 6) is 0.0714. The molecule has 0 radical (unpaired) electrons. The zero-order valence-electron chi connectivity index (χ0n) is 13.5. The lowest BCUT2D eigenvalue weighted by atomic mass is 9.78. The third-order valence-corrected chi connectivity index (χ3v) is 4.99. The van der Waals surface area contributed by atoms with Crippen LogP contribution >= 0.6 is 0 Å². The van der Waals surface area contributed by atoms with Crippen molar-refractivity contribution >= 4 is 17.7 Å². The van der Waals surface area contributed by atoms with E-state index in [1.807, 2.05) is 4.90 Å². The molecule has 3 rings (SSSR count). The van der Waals surface area contributed by atoms with Crippen molar-refractivity contribution in [3.05, 3.63) is 23.9 Å². The summed E-state index contributed by atoms with van der Waals surface area (Å²) >= 11 is 0. The predicted molar refractivity (Wildman–Crippen MR) is 86.6 cm³/mol. The molecule has 1 amide bonds. The van der Waals surface area contributed by atoms with E-state index in [-0.39, 0.29) is 16.9 Å². The number of hydrogen-bond donors (Lipinski definition) is 1. The Morgan fingerprint density at radius 2 is 2.17 bits per heavy atom. The fourth-order valence-electron chi connectivity index (χ4n) is 3.78. The highest BCUT2D eigenvalue weighted by Gasteiger charge is 2.48. The highest BCUT2D eigenvalue weighted by atomic mass is 16.4. The van der Waals surface area contributed by atoms with Gasteiger partial charge in [0.05, 0.1) is 11.0 Å². The molecule has 0 bridgehead atoms. The Labute approximate surface area is 136 Å². The molecule has 124 valence electrons. The number of rotatable bonds is 4. The van der Waals surface area contributed by atoms with Crippen molar-refractivity contribution in [1.82, 2.24) is 9.88 Å². The number of hydrogen-bond acceptors (Lipinski definition) is 4. The minimum absolute atomic E-state index is 0.186. The number of anilines is 1. The number of likely N-dealkylation sites (tertiary alicyclic amines) is 1. The average molecular weight is 317 g/mol. The maximum atomic E-state index is 12.9. The lowest BCUT2D eigenvalue weighted by Crippen LogP contribution is -2.50. The molecule has 23 heavy (non-hydrogen) atoms. The fourth-order valence-corrected chi connectivity index (χ4v) is 3.78. The van der Waals surface area contributed by atoms with Crippen LogP contribution in [0.25, 0.3) is 0 Å². The van der Waals surface area contributed by atoms with Crippen molar-refractivity contribution in [2.45, 2.75) is 32.6 Å². The molecule has 6 nitrogen and oxygen atoms in total. The van der Waals surface area contributed by atoms with Gasteiger partial charge >= 0.3 is 5.97 Å². The molecule has 1 N–H and O–H groups in total. The number of carboxylic acids is 1. The third-order valence-electron chi connectivity index (χ3n) is 4.99. The topological polar surface area (TPSA) is 73.7 Å². The lowest BCUT2D eigenvalue weighted by molar-refractivity contribution is -0.145. The predicted octanol–water partition coefficient (Wildman–Crippen LogP) is 2.01. The normalized spacial score (nSPS) is 24.5. The van der Waals surface area contributed by atoms with Gasteiger partial charge in [-0.2, -0.15) is 0 Å². The third kappa shape index (κ3) is 2.90. The zero-order chi connectivity index (χ0) is 16.4. The van der Waals surface area contributed by atoms with Gasteiger partial charge < -0.3 is 14.9 Å². The van der Waals surface area contributed by atoms with E-state index in [0.717, 1.165) is 51.1 Å². The molecule has 2 aliphatic heterocycles. The van der Waals surface area contributed by atoms with Crippen LogP contribution in [0.3, 0.4) is 0 Å². The second-order valence-corrected chi connectivity index (χ2v) is 6.56. The van der Waals surface area contributed by atoms with Crippen molar-refractivity contribution in [2.24, 2.45) is 5.41 Å². The summed E-state index contributed by atoms with van der Waals surface area (Å²) in [5, 5.41) is 8.95. The number of pyridine rings is 1. The first-order valence-corrected chi connectivity index (χ1v) is 8.29. The van der Waals surface area contributed by atoms with Crippen molar-refractivity contribution in [2.75, 3.05) is 31.1 Å². The molecule has 2 aliphatic rings. The van der Waals surface area contributed by atoms with Crippen LogP contribution < -0.4 is 4.90 Å². The SMILES string of the molecule is CCCN1CCC[C@@]2(CCN(c3ccc(C(=O)O)cn3)C2)C1=O. The van der Waals surface area contributed by atoms with Gasteiger partial charge in [0.15, 0.2) is 0 Å². The molecule has 1 aromatic heterocycles. The Hall–Kier alpha value is -2.11. The van der Waals surface area contributed by atoms with Crippen LogP contribution in [-0.2, 0) is 4.79 Å². The van der Waals surface area contributed by atoms with Crippen molar-refractivity contribution < 1.29 is 14.7 Å². The summed E-state index contributed by atoms with van der Waals surface area (Å²) in [6.07, 6.45) is 5.23. The summed E-state index contributed by atoms with van der Waals surface area (Å²) in [6.45, 7) is 5.30. The van der Waals surface area contributed by atoms with Gasteiger partial charge in [0.2, 0.25) is 5.91 Å². The minimum Gasteiger partial charge on any atom is -0.478 e. The highest BCUT2D eigenvalue weighted by Crippen LogP contribution is 2.41. The summed E-state index contributed by atoms with van der Waals surface area (Å²) in [5.41, 5.74) is -0.0915. The molecule has 1 spiro atoms. The number of nitrogens with zero attached hydrogens (tertiary/aromatic N) is 3. The lowest BCUT2D eigenvalue weighted by Gasteiger charge is -2.39. The van der Waals surface area contributed by atoms with E-state index in [9.17, 15) is 9.59 Å². The average Bonchev–Trinajstić information content (AvgIpc) is 2.97. The van der Waals surface area contributed by atoms with Gasteiger partial charge in [-0.15, -0.1) is 0 Å². The summed E-state index contributed by atoms with van der Waals surface area (Å²) in [6, 6.07) is 3.31. The molecular weight excluding hydrogens is 294 g/mol. The molecule has 3 heterocycles. The van der Waals surface area contributed by atoms with Crippen LogP contribution in [0.15, 0.2) is 18.3 Å². The molecule has 1 aromatic rings. The van der Waals surface area contributed by atoms with E-state index in [0.29, 0.717) is 6.54 Å². The van der Waals surface area contributed by atoms with Crippen molar-refractivity contribution in [3.63, 3.8) is 0 Å². The second kappa shape index (κ2) is 6.18. The first kappa shape index (κ1) is 15.8. The number of carbonyl (C=O) groups is 2. The van der Waals surface area contributed by atoms with Crippen LogP contribution in [-0.4, -0.2) is 53.0 Å². The summed E-state index contributed by atoms with van der Waals surface area (Å²) in [4.78, 5) is 32.2. The van der Waals surface area contributed by atoms with Gasteiger partial charge in [-0.05, 0) is 37.8 Å². The minimum atomic E-state index is -0.973. The van der Waals surface area contributed by atoms with Crippen LogP contribution in [0.1, 0.15) is 43.0 Å². The van der Waals surface area contributed by atoms with Gasteiger partial charge in [0.1, 0.15) is 5.82 Å². The Morgan fingerprint density at radius 1 is 1.35 bits per heavy atom. The Kier molecular flexibility index (Phi) is 4.24. The number of carboxylic acid groups (broad SMARTS) is 1. The number of amides is 1. The van der Waals surface area contributed by atoms with Gasteiger partial charge in [0.25, 0.3) is 0 Å². The van der Waals surface area contributed by atoms with Crippen LogP contribution in [0.4, 0.5) is 5.82 Å². The molecule has 0 aliphatic carbocycles. The molecule has 1 atom stereocenters. The quantitative estimate of drug-likeness (QED) is 0.919. The standard InChI is InChI=1S/C17H23N3O3/c1-2-8-19-9-3-6-17(16(19)23)7-10-20(12-17)14-5-4-13(11-18-14)15(21)22/h4-5,11H,2-3,6-10,12H2,1H3,(H,21,22)/t17-/m0/s1. The van der Waals surface area contributed by atoms with Gasteiger partial charge in [0, 0.05) is 32.4 Å². The van der Waals surface area contributed by atoms with Crippen molar-refractivity contribution in [1.29, 1.82) is 0 Å². The summed E-state index contributed by atoms with van der Waals surface area (Å²) in [7, 11) is 0. The van der Waals surface area contributed by atoms with Crippen LogP contribution in [0, 0.1) is 5.41 Å². The maximum Gasteiger partial charge on any atom is 0.337 e.